The number of rotatable bonds is 5. The number of aromatic nitrogens is 6. The SMILES string of the molecule is C=NN(C)C.CC.CN=O.Cc1cccc2c1n(-c1ccc(-c3cncc4c3cnn4C)nc1)c(=O)n2CC(=O)N1CCOCC1. The van der Waals surface area contributed by atoms with E-state index in [1.807, 2.05) is 72.2 Å². The Balaban J connectivity index is 0.000000512. The molecule has 14 nitrogen and oxygen atoms in total. The van der Waals surface area contributed by atoms with Crippen LogP contribution >= 0.6 is 0 Å². The molecule has 0 N–H and O–H groups in total. The molecule has 5 heterocycles. The van der Waals surface area contributed by atoms with E-state index in [2.05, 4.69) is 32.1 Å². The van der Waals surface area contributed by atoms with E-state index in [0.29, 0.717) is 32.0 Å². The van der Waals surface area contributed by atoms with Gasteiger partial charge in [-0.25, -0.2) is 4.79 Å². The normalized spacial score (nSPS) is 12.2. The van der Waals surface area contributed by atoms with Gasteiger partial charge in [0, 0.05) is 58.1 Å². The lowest BCUT2D eigenvalue weighted by Crippen LogP contribution is -2.43. The van der Waals surface area contributed by atoms with E-state index >= 15 is 0 Å². The zero-order valence-corrected chi connectivity index (χ0v) is 27.5. The summed E-state index contributed by atoms with van der Waals surface area (Å²) in [5.74, 6) is -0.0912. The fraction of sp³-hybridized carbons (Fsp3) is 0.375. The summed E-state index contributed by atoms with van der Waals surface area (Å²) in [5, 5.41) is 12.6. The van der Waals surface area contributed by atoms with Crippen molar-refractivity contribution in [1.29, 1.82) is 0 Å². The summed E-state index contributed by atoms with van der Waals surface area (Å²) in [7, 11) is 6.72. The Hall–Kier alpha value is -5.24. The number of nitroso groups, excluding NO2 is 1. The van der Waals surface area contributed by atoms with Crippen molar-refractivity contribution in [2.24, 2.45) is 17.3 Å². The highest BCUT2D eigenvalue weighted by Crippen LogP contribution is 2.27. The first kappa shape index (κ1) is 35.2. The summed E-state index contributed by atoms with van der Waals surface area (Å²) in [4.78, 5) is 46.0. The van der Waals surface area contributed by atoms with E-state index in [1.165, 1.54) is 7.05 Å². The van der Waals surface area contributed by atoms with Crippen LogP contribution in [0, 0.1) is 11.8 Å². The Bertz CT molecular complexity index is 1820. The first-order chi connectivity index (χ1) is 22.2. The first-order valence-electron chi connectivity index (χ1n) is 14.9. The number of hydrogen-bond donors (Lipinski definition) is 0. The number of imidazole rings is 1. The third kappa shape index (κ3) is 7.88. The Labute approximate surface area is 267 Å². The molecular formula is C32H42N10O4. The lowest BCUT2D eigenvalue weighted by molar-refractivity contribution is -0.135. The predicted octanol–water partition coefficient (Wildman–Crippen LogP) is 3.88. The minimum atomic E-state index is -0.272. The first-order valence-corrected chi connectivity index (χ1v) is 14.9. The maximum absolute atomic E-state index is 13.7. The van der Waals surface area contributed by atoms with Crippen LogP contribution < -0.4 is 5.69 Å². The number of amides is 1. The second-order valence-corrected chi connectivity index (χ2v) is 10.1. The number of para-hydroxylation sites is 1. The Morgan fingerprint density at radius 3 is 2.33 bits per heavy atom. The van der Waals surface area contributed by atoms with Gasteiger partial charge in [-0.1, -0.05) is 31.2 Å². The van der Waals surface area contributed by atoms with E-state index in [0.717, 1.165) is 38.8 Å². The number of fused-ring (bicyclic) bond motifs is 2. The number of ether oxygens (including phenoxy) is 1. The van der Waals surface area contributed by atoms with Crippen molar-refractivity contribution in [3.8, 4) is 16.9 Å². The molecule has 0 atom stereocenters. The number of hydrogen-bond acceptors (Lipinski definition) is 10. The van der Waals surface area contributed by atoms with Gasteiger partial charge in [0.05, 0.1) is 66.8 Å². The van der Waals surface area contributed by atoms with Crippen LogP contribution in [0.4, 0.5) is 0 Å². The minimum Gasteiger partial charge on any atom is -0.378 e. The largest absolute Gasteiger partial charge is 0.378 e. The van der Waals surface area contributed by atoms with Crippen molar-refractivity contribution in [1.82, 2.24) is 38.8 Å². The molecule has 1 fully saturated rings. The van der Waals surface area contributed by atoms with Crippen LogP contribution in [0.5, 0.6) is 0 Å². The van der Waals surface area contributed by atoms with Gasteiger partial charge < -0.3 is 14.6 Å². The van der Waals surface area contributed by atoms with E-state index in [4.69, 9.17) is 9.64 Å². The number of aryl methyl sites for hydroxylation is 2. The smallest absolute Gasteiger partial charge is 0.334 e. The molecule has 244 valence electrons. The quantitative estimate of drug-likeness (QED) is 0.162. The van der Waals surface area contributed by atoms with Crippen molar-refractivity contribution in [2.75, 3.05) is 47.4 Å². The molecule has 1 saturated heterocycles. The molecule has 0 bridgehead atoms. The molecule has 1 aliphatic heterocycles. The summed E-state index contributed by atoms with van der Waals surface area (Å²) < 4.78 is 10.3. The van der Waals surface area contributed by atoms with Gasteiger partial charge in [0.15, 0.2) is 0 Å². The summed E-state index contributed by atoms with van der Waals surface area (Å²) in [6, 6.07) is 9.50. The van der Waals surface area contributed by atoms with Crippen molar-refractivity contribution in [3.05, 3.63) is 76.1 Å². The van der Waals surface area contributed by atoms with Gasteiger partial charge >= 0.3 is 5.69 Å². The number of morpholine rings is 1. The Morgan fingerprint density at radius 1 is 1.04 bits per heavy atom. The van der Waals surface area contributed by atoms with Crippen molar-refractivity contribution < 1.29 is 9.53 Å². The van der Waals surface area contributed by atoms with Gasteiger partial charge in [-0.2, -0.15) is 15.1 Å². The maximum Gasteiger partial charge on any atom is 0.334 e. The van der Waals surface area contributed by atoms with Crippen LogP contribution in [-0.2, 0) is 23.1 Å². The van der Waals surface area contributed by atoms with Crippen LogP contribution in [0.3, 0.4) is 0 Å². The summed E-state index contributed by atoms with van der Waals surface area (Å²) in [6.45, 7) is 11.3. The second kappa shape index (κ2) is 16.7. The highest BCUT2D eigenvalue weighted by atomic mass is 16.5. The molecule has 14 heteroatoms. The number of carbonyl (C=O) groups is 1. The van der Waals surface area contributed by atoms with Gasteiger partial charge in [-0.15, -0.1) is 0 Å². The standard InChI is InChI=1S/C26H25N7O3.C3H8N2.C2H6.CH3NO/c1-17-4-3-5-22-25(17)33(26(35)32(22)16-24(34)31-8-10-36-11-9-31)18-6-7-21(28-12-18)19-13-27-15-23-20(19)14-29-30(23)2;1-4-5(2)3;1-2;1-2-3/h3-7,12-15H,8-11,16H2,1-2H3;1H2,2-3H3;1-2H3;1H3. The molecule has 1 aliphatic rings. The molecule has 4 aromatic heterocycles. The topological polar surface area (TPSA) is 145 Å². The fourth-order valence-electron chi connectivity index (χ4n) is 4.85. The van der Waals surface area contributed by atoms with Gasteiger partial charge in [0.25, 0.3) is 0 Å². The van der Waals surface area contributed by atoms with Gasteiger partial charge in [0.1, 0.15) is 6.54 Å². The van der Waals surface area contributed by atoms with Gasteiger partial charge in [0.2, 0.25) is 5.91 Å². The lowest BCUT2D eigenvalue weighted by Gasteiger charge is -2.26. The van der Waals surface area contributed by atoms with E-state index in [1.54, 1.807) is 48.5 Å². The van der Waals surface area contributed by atoms with Crippen LogP contribution in [0.1, 0.15) is 19.4 Å². The van der Waals surface area contributed by atoms with Gasteiger partial charge in [-0.3, -0.25) is 28.6 Å². The molecule has 0 unspecified atom stereocenters. The third-order valence-corrected chi connectivity index (χ3v) is 7.05. The predicted molar refractivity (Wildman–Crippen MR) is 181 cm³/mol. The summed E-state index contributed by atoms with van der Waals surface area (Å²) in [6.07, 6.45) is 7.03. The number of carbonyl (C=O) groups excluding carboxylic acids is 1. The number of benzene rings is 1. The zero-order chi connectivity index (χ0) is 33.8. The molecular weight excluding hydrogens is 588 g/mol. The highest BCUT2D eigenvalue weighted by molar-refractivity contribution is 5.92. The van der Waals surface area contributed by atoms with Gasteiger partial charge in [-0.05, 0) is 30.7 Å². The van der Waals surface area contributed by atoms with Crippen LogP contribution in [0.25, 0.3) is 38.9 Å². The van der Waals surface area contributed by atoms with Crippen molar-refractivity contribution in [2.45, 2.75) is 27.3 Å². The molecule has 0 aliphatic carbocycles. The highest BCUT2D eigenvalue weighted by Gasteiger charge is 2.22. The van der Waals surface area contributed by atoms with Crippen LogP contribution in [0.2, 0.25) is 0 Å². The molecule has 1 amide bonds. The second-order valence-electron chi connectivity index (χ2n) is 10.1. The Kier molecular flexibility index (Phi) is 12.8. The third-order valence-electron chi connectivity index (χ3n) is 7.05. The average Bonchev–Trinajstić information content (AvgIpc) is 3.60. The molecule has 46 heavy (non-hydrogen) atoms. The minimum absolute atomic E-state index is 0.0219. The lowest BCUT2D eigenvalue weighted by atomic mass is 10.1. The molecule has 5 aromatic rings. The van der Waals surface area contributed by atoms with E-state index < -0.39 is 0 Å². The number of nitrogens with zero attached hydrogens (tertiary/aromatic N) is 10. The molecule has 0 spiro atoms. The number of hydrazone groups is 1. The van der Waals surface area contributed by atoms with E-state index in [9.17, 15) is 9.59 Å². The summed E-state index contributed by atoms with van der Waals surface area (Å²) >= 11 is 0. The molecule has 1 aromatic carbocycles. The number of pyridine rings is 2. The van der Waals surface area contributed by atoms with Crippen molar-refractivity contribution in [3.63, 3.8) is 0 Å². The monoisotopic (exact) mass is 630 g/mol. The maximum atomic E-state index is 13.7. The molecule has 0 radical (unpaired) electrons. The van der Waals surface area contributed by atoms with E-state index in [-0.39, 0.29) is 18.1 Å². The Morgan fingerprint density at radius 2 is 1.72 bits per heavy atom. The molecule has 0 saturated carbocycles. The van der Waals surface area contributed by atoms with Crippen LogP contribution in [0.15, 0.2) is 70.2 Å². The van der Waals surface area contributed by atoms with Crippen LogP contribution in [-0.4, -0.2) is 98.9 Å². The zero-order valence-electron chi connectivity index (χ0n) is 27.5. The molecule has 6 rings (SSSR count). The van der Waals surface area contributed by atoms with Crippen molar-refractivity contribution >= 4 is 34.6 Å². The summed E-state index contributed by atoms with van der Waals surface area (Å²) in [5.41, 5.74) is 5.31. The average molecular weight is 631 g/mol. The fourth-order valence-corrected chi connectivity index (χ4v) is 4.85.